The van der Waals surface area contributed by atoms with Crippen LogP contribution in [0.1, 0.15) is 26.2 Å². The van der Waals surface area contributed by atoms with Crippen molar-refractivity contribution in [3.63, 3.8) is 0 Å². The monoisotopic (exact) mass is 322 g/mol. The molecule has 6 nitrogen and oxygen atoms in total. The number of ether oxygens (including phenoxy) is 2. The molecule has 0 aromatic rings. The van der Waals surface area contributed by atoms with Crippen molar-refractivity contribution in [1.82, 2.24) is 0 Å². The van der Waals surface area contributed by atoms with Crippen molar-refractivity contribution in [2.24, 2.45) is 5.92 Å². The summed E-state index contributed by atoms with van der Waals surface area (Å²) < 4.78 is 10.7. The van der Waals surface area contributed by atoms with Crippen LogP contribution in [0.5, 0.6) is 0 Å². The van der Waals surface area contributed by atoms with E-state index < -0.39 is 30.1 Å². The third-order valence-electron chi connectivity index (χ3n) is 4.15. The van der Waals surface area contributed by atoms with Crippen LogP contribution < -0.4 is 0 Å². The second kappa shape index (κ2) is 7.57. The van der Waals surface area contributed by atoms with Crippen LogP contribution in [0.15, 0.2) is 35.5 Å². The lowest BCUT2D eigenvalue weighted by molar-refractivity contribution is -0.149. The number of hydrogen-bond donors (Lipinski definition) is 2. The Morgan fingerprint density at radius 1 is 1.39 bits per heavy atom. The summed E-state index contributed by atoms with van der Waals surface area (Å²) in [7, 11) is 0. The Kier molecular flexibility index (Phi) is 5.74. The highest BCUT2D eigenvalue weighted by Gasteiger charge is 2.44. The van der Waals surface area contributed by atoms with Crippen LogP contribution in [-0.2, 0) is 19.1 Å². The lowest BCUT2D eigenvalue weighted by atomic mass is 9.85. The van der Waals surface area contributed by atoms with E-state index in [1.165, 1.54) is 6.92 Å². The molecular formula is C17H22O6. The summed E-state index contributed by atoms with van der Waals surface area (Å²) in [4.78, 5) is 23.3. The second-order valence-electron chi connectivity index (χ2n) is 5.82. The van der Waals surface area contributed by atoms with E-state index in [1.807, 2.05) is 6.08 Å². The molecule has 0 radical (unpaired) electrons. The third kappa shape index (κ3) is 4.09. The van der Waals surface area contributed by atoms with Crippen molar-refractivity contribution in [3.8, 4) is 0 Å². The van der Waals surface area contributed by atoms with Gasteiger partial charge in [-0.05, 0) is 30.1 Å². The fourth-order valence-electron chi connectivity index (χ4n) is 3.02. The van der Waals surface area contributed by atoms with Gasteiger partial charge in [0.15, 0.2) is 0 Å². The standard InChI is InChI=1S/C17H22O6/c1-10-16-14(22-11(2)20)6-12(8-18)4-3-5-13(9-19)7-15(16)23-17(10)21/h4,7,14-16,18-19H,1,3,5-6,8-9H2,2H3. The lowest BCUT2D eigenvalue weighted by Crippen LogP contribution is -2.33. The van der Waals surface area contributed by atoms with Crippen molar-refractivity contribution in [2.75, 3.05) is 13.2 Å². The van der Waals surface area contributed by atoms with Crippen LogP contribution >= 0.6 is 0 Å². The van der Waals surface area contributed by atoms with E-state index >= 15 is 0 Å². The average Bonchev–Trinajstić information content (AvgIpc) is 2.78. The molecule has 2 N–H and O–H groups in total. The van der Waals surface area contributed by atoms with Crippen LogP contribution in [0, 0.1) is 5.92 Å². The number of aliphatic hydroxyl groups is 2. The maximum Gasteiger partial charge on any atom is 0.334 e. The Morgan fingerprint density at radius 3 is 2.70 bits per heavy atom. The molecule has 1 saturated heterocycles. The number of carbonyl (C=O) groups is 2. The highest BCUT2D eigenvalue weighted by Crippen LogP contribution is 2.36. The zero-order chi connectivity index (χ0) is 17.0. The molecule has 3 atom stereocenters. The molecule has 1 heterocycles. The van der Waals surface area contributed by atoms with Crippen LogP contribution in [0.3, 0.4) is 0 Å². The van der Waals surface area contributed by atoms with Gasteiger partial charge in [0.2, 0.25) is 0 Å². The highest BCUT2D eigenvalue weighted by atomic mass is 16.6. The fourth-order valence-corrected chi connectivity index (χ4v) is 3.02. The van der Waals surface area contributed by atoms with Crippen LogP contribution in [-0.4, -0.2) is 47.6 Å². The van der Waals surface area contributed by atoms with Gasteiger partial charge in [-0.25, -0.2) is 4.79 Å². The first-order valence-electron chi connectivity index (χ1n) is 7.62. The summed E-state index contributed by atoms with van der Waals surface area (Å²) in [5.74, 6) is -1.53. The van der Waals surface area contributed by atoms with Gasteiger partial charge in [-0.1, -0.05) is 12.7 Å². The van der Waals surface area contributed by atoms with Crippen molar-refractivity contribution in [1.29, 1.82) is 0 Å². The van der Waals surface area contributed by atoms with Gasteiger partial charge >= 0.3 is 11.9 Å². The van der Waals surface area contributed by atoms with Gasteiger partial charge < -0.3 is 19.7 Å². The van der Waals surface area contributed by atoms with Gasteiger partial charge in [0.25, 0.3) is 0 Å². The molecule has 0 amide bonds. The summed E-state index contributed by atoms with van der Waals surface area (Å²) in [6.45, 7) is 4.76. The number of rotatable bonds is 3. The first kappa shape index (κ1) is 17.4. The Labute approximate surface area is 135 Å². The largest absolute Gasteiger partial charge is 0.461 e. The zero-order valence-corrected chi connectivity index (χ0v) is 13.2. The molecule has 23 heavy (non-hydrogen) atoms. The Balaban J connectivity index is 2.42. The lowest BCUT2D eigenvalue weighted by Gasteiger charge is -2.27. The van der Waals surface area contributed by atoms with E-state index in [-0.39, 0.29) is 18.8 Å². The van der Waals surface area contributed by atoms with E-state index in [2.05, 4.69) is 6.58 Å². The summed E-state index contributed by atoms with van der Waals surface area (Å²) in [5, 5.41) is 19.0. The molecule has 1 aliphatic heterocycles. The Bertz CT molecular complexity index is 559. The molecule has 0 bridgehead atoms. The first-order valence-corrected chi connectivity index (χ1v) is 7.62. The van der Waals surface area contributed by atoms with Crippen molar-refractivity contribution < 1.29 is 29.3 Å². The Hall–Kier alpha value is -1.92. The molecule has 126 valence electrons. The molecule has 6 heteroatoms. The number of aliphatic hydroxyl groups excluding tert-OH is 2. The van der Waals surface area contributed by atoms with Gasteiger partial charge in [-0.2, -0.15) is 0 Å². The maximum atomic E-state index is 11.9. The molecule has 2 rings (SSSR count). The predicted octanol–water partition coefficient (Wildman–Crippen LogP) is 1.04. The molecule has 0 aromatic heterocycles. The van der Waals surface area contributed by atoms with Crippen LogP contribution in [0.2, 0.25) is 0 Å². The van der Waals surface area contributed by atoms with E-state index in [1.54, 1.807) is 6.08 Å². The molecule has 1 aliphatic carbocycles. The molecule has 2 aliphatic rings. The highest BCUT2D eigenvalue weighted by molar-refractivity contribution is 5.91. The fraction of sp³-hybridized carbons (Fsp3) is 0.529. The zero-order valence-electron chi connectivity index (χ0n) is 13.2. The smallest absolute Gasteiger partial charge is 0.334 e. The second-order valence-corrected chi connectivity index (χ2v) is 5.82. The molecule has 3 unspecified atom stereocenters. The van der Waals surface area contributed by atoms with E-state index in [0.29, 0.717) is 19.3 Å². The van der Waals surface area contributed by atoms with E-state index in [9.17, 15) is 19.8 Å². The third-order valence-corrected chi connectivity index (χ3v) is 4.15. The average molecular weight is 322 g/mol. The molecule has 0 aromatic carbocycles. The number of allylic oxidation sites excluding steroid dienone is 1. The number of carbonyl (C=O) groups excluding carboxylic acids is 2. The minimum absolute atomic E-state index is 0.145. The molecule has 0 spiro atoms. The number of esters is 2. The van der Waals surface area contributed by atoms with Crippen LogP contribution in [0.4, 0.5) is 0 Å². The molecule has 0 saturated carbocycles. The Morgan fingerprint density at radius 2 is 2.09 bits per heavy atom. The number of fused-ring (bicyclic) bond motifs is 1. The normalized spacial score (nSPS) is 28.4. The van der Waals surface area contributed by atoms with Crippen molar-refractivity contribution in [2.45, 2.75) is 38.4 Å². The topological polar surface area (TPSA) is 93.1 Å². The van der Waals surface area contributed by atoms with Gasteiger partial charge in [-0.3, -0.25) is 4.79 Å². The summed E-state index contributed by atoms with van der Waals surface area (Å²) in [5.41, 5.74) is 1.70. The van der Waals surface area contributed by atoms with E-state index in [0.717, 1.165) is 11.1 Å². The summed E-state index contributed by atoms with van der Waals surface area (Å²) in [6.07, 6.45) is 3.88. The quantitative estimate of drug-likeness (QED) is 0.458. The minimum atomic E-state index is -0.649. The minimum Gasteiger partial charge on any atom is -0.461 e. The summed E-state index contributed by atoms with van der Waals surface area (Å²) in [6, 6.07) is 0. The van der Waals surface area contributed by atoms with Crippen LogP contribution in [0.25, 0.3) is 0 Å². The molecular weight excluding hydrogens is 300 g/mol. The maximum absolute atomic E-state index is 11.9. The first-order chi connectivity index (χ1) is 11.0. The van der Waals surface area contributed by atoms with Gasteiger partial charge in [0, 0.05) is 18.9 Å². The molecule has 1 fully saturated rings. The SMILES string of the molecule is C=C1C(=O)OC2C=C(CO)CCC=C(CO)CC(OC(C)=O)C12. The summed E-state index contributed by atoms with van der Waals surface area (Å²) >= 11 is 0. The van der Waals surface area contributed by atoms with Crippen molar-refractivity contribution in [3.05, 3.63) is 35.5 Å². The van der Waals surface area contributed by atoms with Gasteiger partial charge in [0.05, 0.1) is 19.1 Å². The van der Waals surface area contributed by atoms with Gasteiger partial charge in [0.1, 0.15) is 12.2 Å². The number of hydrogen-bond acceptors (Lipinski definition) is 6. The van der Waals surface area contributed by atoms with Crippen molar-refractivity contribution >= 4 is 11.9 Å². The van der Waals surface area contributed by atoms with Gasteiger partial charge in [-0.15, -0.1) is 0 Å². The van der Waals surface area contributed by atoms with E-state index in [4.69, 9.17) is 9.47 Å². The predicted molar refractivity (Wildman–Crippen MR) is 82.3 cm³/mol.